The van der Waals surface area contributed by atoms with Gasteiger partial charge in [-0.25, -0.2) is 8.42 Å². The van der Waals surface area contributed by atoms with E-state index in [9.17, 15) is 8.42 Å². The summed E-state index contributed by atoms with van der Waals surface area (Å²) >= 11 is 0. The van der Waals surface area contributed by atoms with Crippen LogP contribution in [0.15, 0.2) is 59.5 Å². The Kier molecular flexibility index (Phi) is 3.71. The molecular weight excluding hydrogens is 308 g/mol. The fourth-order valence-electron chi connectivity index (χ4n) is 3.61. The summed E-state index contributed by atoms with van der Waals surface area (Å²) in [7, 11) is -3.37. The van der Waals surface area contributed by atoms with Gasteiger partial charge < -0.3 is 5.32 Å². The van der Waals surface area contributed by atoms with Crippen LogP contribution in [0.3, 0.4) is 0 Å². The van der Waals surface area contributed by atoms with Gasteiger partial charge in [0.1, 0.15) is 0 Å². The van der Waals surface area contributed by atoms with Crippen molar-refractivity contribution in [2.75, 3.05) is 26.2 Å². The lowest BCUT2D eigenvalue weighted by Crippen LogP contribution is -2.31. The molecule has 0 radical (unpaired) electrons. The summed E-state index contributed by atoms with van der Waals surface area (Å²) in [6.07, 6.45) is 0. The third-order valence-electron chi connectivity index (χ3n) is 4.96. The Labute approximate surface area is 137 Å². The smallest absolute Gasteiger partial charge is 0.243 e. The number of benzene rings is 2. The summed E-state index contributed by atoms with van der Waals surface area (Å²) < 4.78 is 27.3. The van der Waals surface area contributed by atoms with Gasteiger partial charge in [-0.1, -0.05) is 42.5 Å². The molecule has 2 aliphatic rings. The first-order valence-corrected chi connectivity index (χ1v) is 9.45. The minimum Gasteiger partial charge on any atom is -0.316 e. The fraction of sp³-hybridized carbons (Fsp3) is 0.333. The van der Waals surface area contributed by atoms with E-state index in [0.29, 0.717) is 29.8 Å². The molecule has 120 valence electrons. The van der Waals surface area contributed by atoms with Crippen molar-refractivity contribution in [3.8, 4) is 11.1 Å². The molecule has 5 heteroatoms. The van der Waals surface area contributed by atoms with E-state index in [4.69, 9.17) is 0 Å². The number of nitrogens with zero attached hydrogens (tertiary/aromatic N) is 1. The lowest BCUT2D eigenvalue weighted by molar-refractivity contribution is 0.448. The fourth-order valence-corrected chi connectivity index (χ4v) is 5.16. The summed E-state index contributed by atoms with van der Waals surface area (Å²) in [4.78, 5) is 0.394. The quantitative estimate of drug-likeness (QED) is 0.940. The molecule has 2 heterocycles. The Morgan fingerprint density at radius 2 is 1.39 bits per heavy atom. The number of rotatable bonds is 3. The topological polar surface area (TPSA) is 49.4 Å². The molecule has 2 saturated heterocycles. The van der Waals surface area contributed by atoms with Crippen LogP contribution < -0.4 is 5.32 Å². The third kappa shape index (κ3) is 2.69. The minimum absolute atomic E-state index is 0.394. The van der Waals surface area contributed by atoms with E-state index in [2.05, 4.69) is 5.32 Å². The van der Waals surface area contributed by atoms with Crippen LogP contribution in [0.5, 0.6) is 0 Å². The summed E-state index contributed by atoms with van der Waals surface area (Å²) in [6, 6.07) is 17.2. The maximum absolute atomic E-state index is 12.8. The predicted octanol–water partition coefficient (Wildman–Crippen LogP) is 2.19. The van der Waals surface area contributed by atoms with Gasteiger partial charge >= 0.3 is 0 Å². The summed E-state index contributed by atoms with van der Waals surface area (Å²) in [6.45, 7) is 3.15. The van der Waals surface area contributed by atoms with Gasteiger partial charge in [-0.05, 0) is 48.2 Å². The van der Waals surface area contributed by atoms with Crippen LogP contribution in [0.1, 0.15) is 0 Å². The zero-order valence-electron chi connectivity index (χ0n) is 12.9. The van der Waals surface area contributed by atoms with E-state index in [1.54, 1.807) is 16.4 Å². The number of fused-ring (bicyclic) bond motifs is 1. The van der Waals surface area contributed by atoms with Crippen molar-refractivity contribution in [2.45, 2.75) is 4.90 Å². The monoisotopic (exact) mass is 328 g/mol. The number of hydrogen-bond acceptors (Lipinski definition) is 3. The van der Waals surface area contributed by atoms with E-state index in [-0.39, 0.29) is 0 Å². The summed E-state index contributed by atoms with van der Waals surface area (Å²) in [5, 5.41) is 3.34. The third-order valence-corrected chi connectivity index (χ3v) is 6.80. The van der Waals surface area contributed by atoms with E-state index < -0.39 is 10.0 Å². The summed E-state index contributed by atoms with van der Waals surface area (Å²) in [5.41, 5.74) is 2.13. The second-order valence-corrected chi connectivity index (χ2v) is 8.33. The Morgan fingerprint density at radius 1 is 0.826 bits per heavy atom. The molecule has 23 heavy (non-hydrogen) atoms. The maximum Gasteiger partial charge on any atom is 0.243 e. The Hall–Kier alpha value is -1.69. The molecule has 0 amide bonds. The standard InChI is InChI=1S/C18H20N2O2S/c21-23(22,20-12-16-10-19-11-17(16)13-20)18-8-6-15(7-9-18)14-4-2-1-3-5-14/h1-9,16-17,19H,10-13H2/t16-,17+. The highest BCUT2D eigenvalue weighted by Crippen LogP contribution is 2.31. The molecule has 0 bridgehead atoms. The van der Waals surface area contributed by atoms with Crippen molar-refractivity contribution in [2.24, 2.45) is 11.8 Å². The molecule has 0 aromatic heterocycles. The Bertz CT molecular complexity index is 776. The molecular formula is C18H20N2O2S. The lowest BCUT2D eigenvalue weighted by atomic mass is 10.0. The van der Waals surface area contributed by atoms with Gasteiger partial charge in [0.05, 0.1) is 4.90 Å². The first-order chi connectivity index (χ1) is 11.1. The van der Waals surface area contributed by atoms with E-state index >= 15 is 0 Å². The van der Waals surface area contributed by atoms with E-state index in [1.165, 1.54) is 0 Å². The first kappa shape index (κ1) is 14.9. The molecule has 2 aromatic carbocycles. The SMILES string of the molecule is O=S(=O)(c1ccc(-c2ccccc2)cc1)N1C[C@H]2CNC[C@H]2C1. The second kappa shape index (κ2) is 5.74. The van der Waals surface area contributed by atoms with Gasteiger partial charge in [0, 0.05) is 13.1 Å². The van der Waals surface area contributed by atoms with Gasteiger partial charge in [0.15, 0.2) is 0 Å². The van der Waals surface area contributed by atoms with Crippen LogP contribution in [0.4, 0.5) is 0 Å². The van der Waals surface area contributed by atoms with Crippen molar-refractivity contribution in [3.63, 3.8) is 0 Å². The average Bonchev–Trinajstić information content (AvgIpc) is 3.18. The average molecular weight is 328 g/mol. The number of nitrogens with one attached hydrogen (secondary N) is 1. The van der Waals surface area contributed by atoms with E-state index in [0.717, 1.165) is 24.2 Å². The molecule has 4 rings (SSSR count). The van der Waals surface area contributed by atoms with E-state index in [1.807, 2.05) is 42.5 Å². The van der Waals surface area contributed by atoms with Gasteiger partial charge in [-0.3, -0.25) is 0 Å². The molecule has 0 unspecified atom stereocenters. The van der Waals surface area contributed by atoms with Crippen LogP contribution in [0, 0.1) is 11.8 Å². The largest absolute Gasteiger partial charge is 0.316 e. The van der Waals surface area contributed by atoms with Crippen LogP contribution in [0.25, 0.3) is 11.1 Å². The highest BCUT2D eigenvalue weighted by atomic mass is 32.2. The molecule has 2 aliphatic heterocycles. The number of hydrogen-bond donors (Lipinski definition) is 1. The molecule has 2 aromatic rings. The predicted molar refractivity (Wildman–Crippen MR) is 90.5 cm³/mol. The first-order valence-electron chi connectivity index (χ1n) is 8.01. The van der Waals surface area contributed by atoms with Gasteiger partial charge in [0.25, 0.3) is 0 Å². The van der Waals surface area contributed by atoms with Crippen LogP contribution in [-0.2, 0) is 10.0 Å². The van der Waals surface area contributed by atoms with Gasteiger partial charge in [-0.2, -0.15) is 4.31 Å². The zero-order valence-corrected chi connectivity index (χ0v) is 13.7. The van der Waals surface area contributed by atoms with Crippen LogP contribution >= 0.6 is 0 Å². The summed E-state index contributed by atoms with van der Waals surface area (Å²) in [5.74, 6) is 0.932. The maximum atomic E-state index is 12.8. The van der Waals surface area contributed by atoms with Crippen molar-refractivity contribution >= 4 is 10.0 Å². The molecule has 1 N–H and O–H groups in total. The minimum atomic E-state index is -3.37. The lowest BCUT2D eigenvalue weighted by Gasteiger charge is -2.17. The van der Waals surface area contributed by atoms with Crippen molar-refractivity contribution in [1.82, 2.24) is 9.62 Å². The second-order valence-electron chi connectivity index (χ2n) is 6.39. The zero-order chi connectivity index (χ0) is 15.9. The molecule has 0 saturated carbocycles. The van der Waals surface area contributed by atoms with Crippen LogP contribution in [0.2, 0.25) is 0 Å². The molecule has 2 atom stereocenters. The molecule has 0 aliphatic carbocycles. The molecule has 4 nitrogen and oxygen atoms in total. The van der Waals surface area contributed by atoms with Crippen molar-refractivity contribution in [1.29, 1.82) is 0 Å². The molecule has 2 fully saturated rings. The highest BCUT2D eigenvalue weighted by Gasteiger charge is 2.41. The van der Waals surface area contributed by atoms with Crippen LogP contribution in [-0.4, -0.2) is 38.9 Å². The van der Waals surface area contributed by atoms with Gasteiger partial charge in [0.2, 0.25) is 10.0 Å². The highest BCUT2D eigenvalue weighted by molar-refractivity contribution is 7.89. The number of sulfonamides is 1. The molecule has 0 spiro atoms. The van der Waals surface area contributed by atoms with Crippen molar-refractivity contribution < 1.29 is 8.42 Å². The van der Waals surface area contributed by atoms with Gasteiger partial charge in [-0.15, -0.1) is 0 Å². The Morgan fingerprint density at radius 3 is 2.00 bits per heavy atom. The Balaban J connectivity index is 1.58. The van der Waals surface area contributed by atoms with Crippen molar-refractivity contribution in [3.05, 3.63) is 54.6 Å². The normalized spacial score (nSPS) is 24.7.